The molecule has 0 aromatic heterocycles. The lowest BCUT2D eigenvalue weighted by molar-refractivity contribution is 0.0392. The average Bonchev–Trinajstić information content (AvgIpc) is 2.77. The van der Waals surface area contributed by atoms with Crippen molar-refractivity contribution in [2.45, 2.75) is 52.1 Å². The number of nitrogens with zero attached hydrogens (tertiary/aromatic N) is 2. The number of hydrogen-bond acceptors (Lipinski definition) is 4. The van der Waals surface area contributed by atoms with Gasteiger partial charge in [0.15, 0.2) is 5.96 Å². The molecule has 1 aliphatic rings. The first kappa shape index (κ1) is 23.5. The number of hydrogen-bond donors (Lipinski definition) is 2. The summed E-state index contributed by atoms with van der Waals surface area (Å²) in [6.45, 7) is 9.53. The molecule has 1 aliphatic heterocycles. The molecular weight excluding hydrogens is 364 g/mol. The lowest BCUT2D eigenvalue weighted by atomic mass is 10.0. The largest absolute Gasteiger partial charge is 0.492 e. The van der Waals surface area contributed by atoms with Crippen molar-refractivity contribution in [3.05, 3.63) is 29.8 Å². The van der Waals surface area contributed by atoms with Crippen molar-refractivity contribution in [2.24, 2.45) is 10.9 Å². The fraction of sp³-hybridized carbons (Fsp3) is 0.696. The number of aliphatic imine (C=N–C) groups is 1. The Kier molecular flexibility index (Phi) is 10.9. The fourth-order valence-electron chi connectivity index (χ4n) is 3.59. The van der Waals surface area contributed by atoms with Crippen LogP contribution < -0.4 is 15.4 Å². The highest BCUT2D eigenvalue weighted by Gasteiger charge is 2.17. The second-order valence-electron chi connectivity index (χ2n) is 7.81. The van der Waals surface area contributed by atoms with Crippen LogP contribution in [-0.2, 0) is 11.3 Å². The third-order valence-corrected chi connectivity index (χ3v) is 5.82. The second kappa shape index (κ2) is 13.4. The van der Waals surface area contributed by atoms with Crippen LogP contribution in [0.15, 0.2) is 29.3 Å². The van der Waals surface area contributed by atoms with Crippen LogP contribution >= 0.6 is 0 Å². The Hall–Kier alpha value is -1.79. The molecule has 1 aromatic carbocycles. The van der Waals surface area contributed by atoms with Gasteiger partial charge < -0.3 is 20.1 Å². The molecule has 0 bridgehead atoms. The van der Waals surface area contributed by atoms with Gasteiger partial charge >= 0.3 is 0 Å². The van der Waals surface area contributed by atoms with Crippen molar-refractivity contribution in [1.82, 2.24) is 15.5 Å². The summed E-state index contributed by atoms with van der Waals surface area (Å²) in [6.07, 6.45) is 4.60. The zero-order chi connectivity index (χ0) is 20.9. The third kappa shape index (κ3) is 8.62. The van der Waals surface area contributed by atoms with Crippen molar-refractivity contribution < 1.29 is 9.47 Å². The molecule has 0 amide bonds. The maximum atomic E-state index is 6.00. The number of guanidine groups is 1. The molecule has 164 valence electrons. The number of benzene rings is 1. The molecule has 1 heterocycles. The van der Waals surface area contributed by atoms with E-state index in [0.717, 1.165) is 57.4 Å². The number of rotatable bonds is 11. The van der Waals surface area contributed by atoms with Gasteiger partial charge in [0.2, 0.25) is 0 Å². The van der Waals surface area contributed by atoms with Gasteiger partial charge in [0.25, 0.3) is 0 Å². The summed E-state index contributed by atoms with van der Waals surface area (Å²) in [7, 11) is 4.00. The predicted octanol–water partition coefficient (Wildman–Crippen LogP) is 3.28. The molecule has 29 heavy (non-hydrogen) atoms. The Balaban J connectivity index is 1.73. The Morgan fingerprint density at radius 2 is 2.00 bits per heavy atom. The van der Waals surface area contributed by atoms with Gasteiger partial charge in [-0.05, 0) is 43.5 Å². The van der Waals surface area contributed by atoms with Crippen LogP contribution in [0.3, 0.4) is 0 Å². The fourth-order valence-corrected chi connectivity index (χ4v) is 3.59. The van der Waals surface area contributed by atoms with Gasteiger partial charge in [0.1, 0.15) is 12.4 Å². The Bertz CT molecular complexity index is 598. The first-order chi connectivity index (χ1) is 14.2. The molecule has 2 rings (SSSR count). The molecule has 0 spiro atoms. The van der Waals surface area contributed by atoms with E-state index in [1.165, 1.54) is 18.4 Å². The maximum Gasteiger partial charge on any atom is 0.191 e. The van der Waals surface area contributed by atoms with Gasteiger partial charge in [-0.2, -0.15) is 0 Å². The smallest absolute Gasteiger partial charge is 0.191 e. The van der Waals surface area contributed by atoms with Crippen LogP contribution in [0.1, 0.15) is 45.1 Å². The third-order valence-electron chi connectivity index (χ3n) is 5.82. The zero-order valence-electron chi connectivity index (χ0n) is 18.7. The summed E-state index contributed by atoms with van der Waals surface area (Å²) in [4.78, 5) is 6.72. The topological polar surface area (TPSA) is 58.1 Å². The summed E-state index contributed by atoms with van der Waals surface area (Å²) >= 11 is 0. The molecule has 6 heteroatoms. The highest BCUT2D eigenvalue weighted by atomic mass is 16.5. The number of ether oxygens (including phenoxy) is 2. The van der Waals surface area contributed by atoms with Gasteiger partial charge in [-0.15, -0.1) is 0 Å². The summed E-state index contributed by atoms with van der Waals surface area (Å²) in [5.74, 6) is 2.45. The van der Waals surface area contributed by atoms with E-state index in [9.17, 15) is 0 Å². The van der Waals surface area contributed by atoms with Crippen LogP contribution in [0, 0.1) is 5.92 Å². The molecular formula is C23H40N4O2. The molecule has 1 aromatic rings. The monoisotopic (exact) mass is 404 g/mol. The average molecular weight is 405 g/mol. The summed E-state index contributed by atoms with van der Waals surface area (Å²) < 4.78 is 11.4. The molecule has 2 N–H and O–H groups in total. The lowest BCUT2D eigenvalue weighted by Gasteiger charge is -2.31. The molecule has 1 fully saturated rings. The first-order valence-electron chi connectivity index (χ1n) is 11.1. The van der Waals surface area contributed by atoms with Crippen molar-refractivity contribution in [3.63, 3.8) is 0 Å². The summed E-state index contributed by atoms with van der Waals surface area (Å²) in [5.41, 5.74) is 1.19. The Morgan fingerprint density at radius 3 is 2.69 bits per heavy atom. The lowest BCUT2D eigenvalue weighted by Crippen LogP contribution is -2.39. The van der Waals surface area contributed by atoms with Crippen molar-refractivity contribution in [2.75, 3.05) is 47.0 Å². The van der Waals surface area contributed by atoms with E-state index in [1.54, 1.807) is 0 Å². The van der Waals surface area contributed by atoms with Crippen LogP contribution in [0.25, 0.3) is 0 Å². The SMILES string of the molecule is CCC(CC)CNC(=NC)NCc1cccc(OCCN(C)C2CCOCC2)c1. The molecule has 0 aliphatic carbocycles. The quantitative estimate of drug-likeness (QED) is 0.438. The van der Waals surface area contributed by atoms with Gasteiger partial charge in [0, 0.05) is 45.9 Å². The van der Waals surface area contributed by atoms with Gasteiger partial charge in [-0.3, -0.25) is 9.89 Å². The molecule has 0 saturated carbocycles. The van der Waals surface area contributed by atoms with Crippen LogP contribution in [0.5, 0.6) is 5.75 Å². The van der Waals surface area contributed by atoms with Crippen LogP contribution in [0.2, 0.25) is 0 Å². The van der Waals surface area contributed by atoms with E-state index in [2.05, 4.69) is 59.6 Å². The molecule has 0 unspecified atom stereocenters. The highest BCUT2D eigenvalue weighted by Crippen LogP contribution is 2.15. The van der Waals surface area contributed by atoms with Crippen molar-refractivity contribution in [1.29, 1.82) is 0 Å². The first-order valence-corrected chi connectivity index (χ1v) is 11.1. The van der Waals surface area contributed by atoms with E-state index in [4.69, 9.17) is 9.47 Å². The molecule has 0 atom stereocenters. The minimum Gasteiger partial charge on any atom is -0.492 e. The summed E-state index contributed by atoms with van der Waals surface area (Å²) in [5, 5.41) is 6.82. The van der Waals surface area contributed by atoms with Gasteiger partial charge in [-0.1, -0.05) is 38.8 Å². The number of likely N-dealkylation sites (N-methyl/N-ethyl adjacent to an activating group) is 1. The van der Waals surface area contributed by atoms with E-state index >= 15 is 0 Å². The van der Waals surface area contributed by atoms with Crippen molar-refractivity contribution >= 4 is 5.96 Å². The number of nitrogens with one attached hydrogen (secondary N) is 2. The Morgan fingerprint density at radius 1 is 1.24 bits per heavy atom. The highest BCUT2D eigenvalue weighted by molar-refractivity contribution is 5.79. The minimum absolute atomic E-state index is 0.613. The van der Waals surface area contributed by atoms with E-state index < -0.39 is 0 Å². The van der Waals surface area contributed by atoms with Crippen LogP contribution in [-0.4, -0.2) is 63.9 Å². The predicted molar refractivity (Wildman–Crippen MR) is 121 cm³/mol. The standard InChI is InChI=1S/C23H40N4O2/c1-5-19(6-2)17-25-23(24-3)26-18-20-8-7-9-22(16-20)29-15-12-27(4)21-10-13-28-14-11-21/h7-9,16,19,21H,5-6,10-15,17-18H2,1-4H3,(H2,24,25,26). The summed E-state index contributed by atoms with van der Waals surface area (Å²) in [6, 6.07) is 8.91. The van der Waals surface area contributed by atoms with E-state index in [-0.39, 0.29) is 0 Å². The molecule has 6 nitrogen and oxygen atoms in total. The van der Waals surface area contributed by atoms with Crippen LogP contribution in [0.4, 0.5) is 0 Å². The zero-order valence-corrected chi connectivity index (χ0v) is 18.7. The van der Waals surface area contributed by atoms with Gasteiger partial charge in [-0.25, -0.2) is 0 Å². The minimum atomic E-state index is 0.613. The molecule has 1 saturated heterocycles. The van der Waals surface area contributed by atoms with E-state index in [1.807, 2.05) is 13.1 Å². The van der Waals surface area contributed by atoms with Crippen molar-refractivity contribution in [3.8, 4) is 5.75 Å². The van der Waals surface area contributed by atoms with E-state index in [0.29, 0.717) is 18.6 Å². The second-order valence-corrected chi connectivity index (χ2v) is 7.81. The molecule has 0 radical (unpaired) electrons. The van der Waals surface area contributed by atoms with Gasteiger partial charge in [0.05, 0.1) is 0 Å². The Labute approximate surface area is 177 Å². The maximum absolute atomic E-state index is 6.00. The normalized spacial score (nSPS) is 15.7.